The highest BCUT2D eigenvalue weighted by Gasteiger charge is 2.32. The number of Topliss-reactive ketones (excluding diaryl/α,β-unsaturated/α-hetero) is 2. The van der Waals surface area contributed by atoms with E-state index in [4.69, 9.17) is 15.3 Å². The van der Waals surface area contributed by atoms with Gasteiger partial charge in [-0.25, -0.2) is 4.79 Å². The number of imide groups is 1. The fourth-order valence-corrected chi connectivity index (χ4v) is 4.81. The van der Waals surface area contributed by atoms with Gasteiger partial charge in [-0.1, -0.05) is 21.6 Å². The number of nitrogens with two attached hydrogens (primary N) is 1. The molecule has 1 unspecified atom stereocenters. The minimum Gasteiger partial charge on any atom is -0.379 e. The first-order chi connectivity index (χ1) is 15.2. The highest BCUT2D eigenvalue weighted by molar-refractivity contribution is 8.76. The van der Waals surface area contributed by atoms with Gasteiger partial charge in [0.1, 0.15) is 11.6 Å². The van der Waals surface area contributed by atoms with Gasteiger partial charge in [-0.15, -0.1) is 5.06 Å². The maximum Gasteiger partial charge on any atom is 0.334 e. The molecule has 1 aliphatic rings. The Morgan fingerprint density at radius 3 is 2.41 bits per heavy atom. The lowest BCUT2D eigenvalue weighted by Crippen LogP contribution is -2.32. The first kappa shape index (κ1) is 28.1. The number of nitrogens with one attached hydrogen (secondary N) is 1. The fourth-order valence-electron chi connectivity index (χ4n) is 2.44. The van der Waals surface area contributed by atoms with Crippen molar-refractivity contribution in [2.75, 3.05) is 37.8 Å². The van der Waals surface area contributed by atoms with Crippen LogP contribution in [-0.2, 0) is 38.3 Å². The SMILES string of the molecule is CC(=O)C(CSSCCC(=O)ON1C(=O)CCC1=O)CC(=O)CCOCCNC(=O)CN. The number of ether oxygens (including phenoxy) is 1. The van der Waals surface area contributed by atoms with Gasteiger partial charge >= 0.3 is 5.97 Å². The molecule has 0 spiro atoms. The number of amides is 3. The lowest BCUT2D eigenvalue weighted by molar-refractivity contribution is -0.197. The lowest BCUT2D eigenvalue weighted by atomic mass is 9.99. The van der Waals surface area contributed by atoms with Crippen LogP contribution in [0.25, 0.3) is 0 Å². The summed E-state index contributed by atoms with van der Waals surface area (Å²) in [7, 11) is 2.70. The van der Waals surface area contributed by atoms with Crippen molar-refractivity contribution in [2.24, 2.45) is 11.7 Å². The Hall–Kier alpha value is -1.96. The molecule has 1 saturated heterocycles. The van der Waals surface area contributed by atoms with Crippen molar-refractivity contribution in [1.29, 1.82) is 0 Å². The number of carbonyl (C=O) groups is 6. The first-order valence-electron chi connectivity index (χ1n) is 10.1. The summed E-state index contributed by atoms with van der Waals surface area (Å²) in [6.45, 7) is 2.12. The van der Waals surface area contributed by atoms with Crippen LogP contribution in [0.3, 0.4) is 0 Å². The highest BCUT2D eigenvalue weighted by Crippen LogP contribution is 2.27. The normalized spacial score (nSPS) is 14.4. The number of hydrogen-bond acceptors (Lipinski definition) is 11. The number of nitrogens with zero attached hydrogens (tertiary/aromatic N) is 1. The average molecular weight is 492 g/mol. The number of rotatable bonds is 17. The summed E-state index contributed by atoms with van der Waals surface area (Å²) < 4.78 is 5.28. The second kappa shape index (κ2) is 15.8. The van der Waals surface area contributed by atoms with Gasteiger partial charge in [0.25, 0.3) is 11.8 Å². The molecule has 1 atom stereocenters. The van der Waals surface area contributed by atoms with Crippen LogP contribution in [-0.4, -0.2) is 78.1 Å². The average Bonchev–Trinajstić information content (AvgIpc) is 3.06. The van der Waals surface area contributed by atoms with Crippen LogP contribution in [0.15, 0.2) is 0 Å². The topological polar surface area (TPSA) is 162 Å². The molecule has 3 amide bonds. The molecule has 1 aliphatic heterocycles. The summed E-state index contributed by atoms with van der Waals surface area (Å²) in [5.74, 6) is -1.85. The number of carbonyl (C=O) groups excluding carboxylic acids is 6. The summed E-state index contributed by atoms with van der Waals surface area (Å²) in [5.41, 5.74) is 5.15. The molecule has 13 heteroatoms. The van der Waals surface area contributed by atoms with E-state index in [1.54, 1.807) is 0 Å². The van der Waals surface area contributed by atoms with Crippen LogP contribution >= 0.6 is 21.6 Å². The van der Waals surface area contributed by atoms with Crippen molar-refractivity contribution >= 4 is 56.8 Å². The Balaban J connectivity index is 2.15. The van der Waals surface area contributed by atoms with E-state index in [1.165, 1.54) is 28.5 Å². The van der Waals surface area contributed by atoms with E-state index in [2.05, 4.69) is 5.32 Å². The summed E-state index contributed by atoms with van der Waals surface area (Å²) in [6, 6.07) is 0. The van der Waals surface area contributed by atoms with Crippen molar-refractivity contribution in [3.05, 3.63) is 0 Å². The maximum atomic E-state index is 12.1. The predicted octanol–water partition coefficient (Wildman–Crippen LogP) is 0.0111. The lowest BCUT2D eigenvalue weighted by Gasteiger charge is -2.13. The molecule has 0 aromatic rings. The predicted molar refractivity (Wildman–Crippen MR) is 118 cm³/mol. The molecule has 180 valence electrons. The molecule has 1 fully saturated rings. The monoisotopic (exact) mass is 491 g/mol. The van der Waals surface area contributed by atoms with Crippen LogP contribution in [0.2, 0.25) is 0 Å². The van der Waals surface area contributed by atoms with Crippen molar-refractivity contribution in [2.45, 2.75) is 39.0 Å². The summed E-state index contributed by atoms with van der Waals surface area (Å²) in [5, 5.41) is 3.06. The quantitative estimate of drug-likeness (QED) is 0.160. The molecular formula is C19H29N3O8S2. The van der Waals surface area contributed by atoms with Crippen molar-refractivity contribution in [3.8, 4) is 0 Å². The van der Waals surface area contributed by atoms with Crippen LogP contribution in [0, 0.1) is 5.92 Å². The first-order valence-corrected chi connectivity index (χ1v) is 12.6. The van der Waals surface area contributed by atoms with Gasteiger partial charge in [0.05, 0.1) is 26.2 Å². The summed E-state index contributed by atoms with van der Waals surface area (Å²) in [6.07, 6.45) is 0.368. The molecule has 0 aromatic heterocycles. The molecule has 0 radical (unpaired) electrons. The Bertz CT molecular complexity index is 688. The van der Waals surface area contributed by atoms with Gasteiger partial charge in [-0.3, -0.25) is 24.0 Å². The van der Waals surface area contributed by atoms with E-state index < -0.39 is 23.7 Å². The Morgan fingerprint density at radius 1 is 1.09 bits per heavy atom. The zero-order chi connectivity index (χ0) is 23.9. The second-order valence-electron chi connectivity index (χ2n) is 6.87. The summed E-state index contributed by atoms with van der Waals surface area (Å²) >= 11 is 0. The Morgan fingerprint density at radius 2 is 1.78 bits per heavy atom. The minimum atomic E-state index is -0.678. The molecule has 0 bridgehead atoms. The van der Waals surface area contributed by atoms with Gasteiger partial charge in [-0.05, 0) is 6.92 Å². The smallest absolute Gasteiger partial charge is 0.334 e. The molecule has 3 N–H and O–H groups in total. The summed E-state index contributed by atoms with van der Waals surface area (Å²) in [4.78, 5) is 74.2. The molecular weight excluding hydrogens is 462 g/mol. The van der Waals surface area contributed by atoms with Gasteiger partial charge in [0.2, 0.25) is 5.91 Å². The van der Waals surface area contributed by atoms with Gasteiger partial charge < -0.3 is 20.6 Å². The largest absolute Gasteiger partial charge is 0.379 e. The van der Waals surface area contributed by atoms with Crippen LogP contribution in [0.1, 0.15) is 39.0 Å². The van der Waals surface area contributed by atoms with E-state index in [-0.39, 0.29) is 69.3 Å². The standard InChI is InChI=1S/C19H29N3O8S2/c1-13(23)14(10-15(24)4-7-29-8-6-21-16(25)11-20)12-32-31-9-5-19(28)30-22-17(26)2-3-18(22)27/h14H,2-12,20H2,1H3,(H,21,25). The van der Waals surface area contributed by atoms with E-state index >= 15 is 0 Å². The van der Waals surface area contributed by atoms with Gasteiger partial charge in [-0.2, -0.15) is 0 Å². The third-order valence-corrected chi connectivity index (χ3v) is 6.75. The zero-order valence-electron chi connectivity index (χ0n) is 18.0. The zero-order valence-corrected chi connectivity index (χ0v) is 19.6. The maximum absolute atomic E-state index is 12.1. The molecule has 32 heavy (non-hydrogen) atoms. The number of ketones is 2. The third kappa shape index (κ3) is 11.6. The van der Waals surface area contributed by atoms with Crippen molar-refractivity contribution in [1.82, 2.24) is 10.4 Å². The van der Waals surface area contributed by atoms with Crippen LogP contribution in [0.4, 0.5) is 0 Å². The Kier molecular flexibility index (Phi) is 13.8. The van der Waals surface area contributed by atoms with Crippen LogP contribution in [0.5, 0.6) is 0 Å². The van der Waals surface area contributed by atoms with Gasteiger partial charge in [0.15, 0.2) is 0 Å². The molecule has 0 aliphatic carbocycles. The Labute approximate surface area is 194 Å². The van der Waals surface area contributed by atoms with Crippen molar-refractivity contribution in [3.63, 3.8) is 0 Å². The van der Waals surface area contributed by atoms with E-state index in [9.17, 15) is 28.8 Å². The fraction of sp³-hybridized carbons (Fsp3) is 0.684. The minimum absolute atomic E-state index is 0.00146. The van der Waals surface area contributed by atoms with E-state index in [0.29, 0.717) is 23.1 Å². The molecule has 0 aromatic carbocycles. The van der Waals surface area contributed by atoms with Gasteiger partial charge in [0, 0.05) is 49.7 Å². The highest BCUT2D eigenvalue weighted by atomic mass is 33.1. The third-order valence-electron chi connectivity index (χ3n) is 4.27. The van der Waals surface area contributed by atoms with Crippen LogP contribution < -0.4 is 11.1 Å². The van der Waals surface area contributed by atoms with E-state index in [1.807, 2.05) is 0 Å². The molecule has 0 saturated carbocycles. The van der Waals surface area contributed by atoms with Crippen molar-refractivity contribution < 1.29 is 38.3 Å². The number of hydroxylamine groups is 2. The van der Waals surface area contributed by atoms with E-state index in [0.717, 1.165) is 0 Å². The molecule has 1 rings (SSSR count). The number of hydrogen-bond donors (Lipinski definition) is 2. The molecule has 11 nitrogen and oxygen atoms in total. The second-order valence-corrected chi connectivity index (χ2v) is 9.50. The molecule has 1 heterocycles.